The maximum absolute atomic E-state index is 12.1. The average Bonchev–Trinajstić information content (AvgIpc) is 0.884. The molecule has 0 heterocycles. The van der Waals surface area contributed by atoms with Crippen molar-refractivity contribution >= 4 is 68.5 Å². The summed E-state index contributed by atoms with van der Waals surface area (Å²) < 4.78 is 237. The quantitative estimate of drug-likeness (QED) is 0.0462. The zero-order chi connectivity index (χ0) is 88.5. The number of hydrogen-bond donors (Lipinski definition) is 0. The van der Waals surface area contributed by atoms with E-state index in [1.54, 1.807) is 63.1 Å². The van der Waals surface area contributed by atoms with Crippen LogP contribution in [0.25, 0.3) is 0 Å². The summed E-state index contributed by atoms with van der Waals surface area (Å²) in [7, 11) is -23.2. The molecular weight excluding hydrogens is 1770 g/mol. The van der Waals surface area contributed by atoms with Crippen LogP contribution in [0, 0.1) is 0 Å². The lowest BCUT2D eigenvalue weighted by Crippen LogP contribution is -2.23. The number of phosphoric acid groups is 6. The monoisotopic (exact) mass is 1910 g/mol. The molecule has 0 saturated heterocycles. The molecule has 0 aromatic heterocycles. The maximum Gasteiger partial charge on any atom is 0.268 e. The molecule has 722 valence electrons. The Balaban J connectivity index is 3.42. The molecule has 0 aliphatic rings. The van der Waals surface area contributed by atoms with Crippen LogP contribution in [-0.2, 0) is 176 Å². The highest BCUT2D eigenvalue weighted by Crippen LogP contribution is 2.44. The molecule has 0 aliphatic carbocycles. The molecule has 0 fully saturated rings. The fraction of sp³-hybridized carbons (Fsp3) is 1.00. The van der Waals surface area contributed by atoms with Gasteiger partial charge in [0, 0.05) is 11.5 Å². The Bertz CT molecular complexity index is 2380. The SMILES string of the molecule is CC(C)(C)OP(=O)([O-])OCCOCCOCCOCCOCCOCCOP(=O)([O-])OCCOCCOCCOCCOCCOCCOP(=O)([O-])OCCCCCCSSCCCCCCOP(=O)([O-])OCCOCCOCCOCCOCCOCCOP(=O)([O-])OCCOCCOCCOCCOCCOCCOP(=O)([O-])OC(C)(C)C. The van der Waals surface area contributed by atoms with E-state index in [0.29, 0.717) is 132 Å². The largest absolute Gasteiger partial charge is 0.756 e. The number of rotatable bonds is 99. The van der Waals surface area contributed by atoms with Gasteiger partial charge in [0.15, 0.2) is 0 Å². The second-order valence-electron chi connectivity index (χ2n) is 26.1. The van der Waals surface area contributed by atoms with E-state index in [0.717, 1.165) is 50.0 Å². The molecule has 0 aliphatic heterocycles. The van der Waals surface area contributed by atoms with Gasteiger partial charge in [-0.2, -0.15) is 0 Å². The predicted octanol–water partition coefficient (Wildman–Crippen LogP) is 4.43. The van der Waals surface area contributed by atoms with Gasteiger partial charge in [0.2, 0.25) is 0 Å². The molecule has 44 nitrogen and oxygen atoms in total. The first-order valence-electron chi connectivity index (χ1n) is 40.0. The Morgan fingerprint density at radius 3 is 0.425 bits per heavy atom. The third-order valence-electron chi connectivity index (χ3n) is 13.4. The van der Waals surface area contributed by atoms with E-state index in [-0.39, 0.29) is 211 Å². The third kappa shape index (κ3) is 97.6. The summed E-state index contributed by atoms with van der Waals surface area (Å²) in [5.41, 5.74) is -1.76. The lowest BCUT2D eigenvalue weighted by atomic mass is 10.2. The average molecular weight is 1910 g/mol. The van der Waals surface area contributed by atoms with Crippen LogP contribution in [0.1, 0.15) is 92.9 Å². The van der Waals surface area contributed by atoms with Gasteiger partial charge in [0.1, 0.15) is 0 Å². The molecule has 0 aromatic rings. The van der Waals surface area contributed by atoms with Gasteiger partial charge in [-0.25, -0.2) is 0 Å². The van der Waals surface area contributed by atoms with E-state index in [9.17, 15) is 56.8 Å². The molecule has 0 bridgehead atoms. The van der Waals surface area contributed by atoms with Crippen LogP contribution in [0.5, 0.6) is 0 Å². The molecule has 0 rings (SSSR count). The lowest BCUT2D eigenvalue weighted by Gasteiger charge is -2.30. The van der Waals surface area contributed by atoms with Crippen molar-refractivity contribution in [3.63, 3.8) is 0 Å². The Morgan fingerprint density at radius 2 is 0.283 bits per heavy atom. The molecule has 6 unspecified atom stereocenters. The van der Waals surface area contributed by atoms with Gasteiger partial charge in [-0.3, -0.25) is 27.4 Å². The zero-order valence-corrected chi connectivity index (χ0v) is 77.9. The molecule has 0 amide bonds. The van der Waals surface area contributed by atoms with Crippen molar-refractivity contribution in [2.24, 2.45) is 0 Å². The Hall–Kier alpha value is 0.560. The normalized spacial score (nSPS) is 15.4. The predicted molar refractivity (Wildman–Crippen MR) is 425 cm³/mol. The van der Waals surface area contributed by atoms with E-state index in [1.165, 1.54) is 0 Å². The van der Waals surface area contributed by atoms with E-state index in [1.807, 2.05) is 0 Å². The van der Waals surface area contributed by atoms with Crippen molar-refractivity contribution in [2.45, 2.75) is 104 Å². The highest BCUT2D eigenvalue weighted by Gasteiger charge is 2.22. The number of ether oxygens (including phenoxy) is 20. The molecule has 0 aromatic carbocycles. The summed E-state index contributed by atoms with van der Waals surface area (Å²) >= 11 is 0. The van der Waals surface area contributed by atoms with Crippen molar-refractivity contribution in [3.05, 3.63) is 0 Å². The summed E-state index contributed by atoms with van der Waals surface area (Å²) in [5.74, 6) is 1.93. The number of unbranched alkanes of at least 4 members (excludes halogenated alkanes) is 6. The summed E-state index contributed by atoms with van der Waals surface area (Å²) in [6.45, 7) is 17.4. The number of hydrogen-bond acceptors (Lipinski definition) is 46. The Morgan fingerprint density at radius 1 is 0.167 bits per heavy atom. The van der Waals surface area contributed by atoms with Gasteiger partial charge in [-0.1, -0.05) is 47.3 Å². The fourth-order valence-electron chi connectivity index (χ4n) is 8.17. The molecule has 0 saturated carbocycles. The van der Waals surface area contributed by atoms with Crippen molar-refractivity contribution in [1.29, 1.82) is 0 Å². The smallest absolute Gasteiger partial charge is 0.268 e. The molecular formula is C68H138O44P6S2-6. The van der Waals surface area contributed by atoms with Crippen LogP contribution < -0.4 is 29.4 Å². The van der Waals surface area contributed by atoms with Crippen molar-refractivity contribution in [2.75, 3.05) is 342 Å². The maximum atomic E-state index is 12.1. The summed E-state index contributed by atoms with van der Waals surface area (Å²) in [6, 6.07) is 0. The minimum atomic E-state index is -4.54. The van der Waals surface area contributed by atoms with Crippen molar-refractivity contribution in [1.82, 2.24) is 0 Å². The molecule has 0 radical (unpaired) electrons. The second-order valence-corrected chi connectivity index (χ2v) is 37.2. The van der Waals surface area contributed by atoms with E-state index < -0.39 is 58.1 Å². The molecule has 52 heteroatoms. The van der Waals surface area contributed by atoms with Gasteiger partial charge >= 0.3 is 0 Å². The Kier molecular flexibility index (Phi) is 83.1. The van der Waals surface area contributed by atoms with Crippen LogP contribution in [0.4, 0.5) is 0 Å². The summed E-state index contributed by atoms with van der Waals surface area (Å²) in [5, 5.41) is 0. The van der Waals surface area contributed by atoms with Crippen LogP contribution in [0.15, 0.2) is 0 Å². The second kappa shape index (κ2) is 82.7. The van der Waals surface area contributed by atoms with Crippen molar-refractivity contribution in [3.8, 4) is 0 Å². The first-order valence-corrected chi connectivity index (χ1v) is 51.2. The van der Waals surface area contributed by atoms with Gasteiger partial charge < -0.3 is 178 Å². The topological polar surface area (TPSA) is 536 Å². The van der Waals surface area contributed by atoms with Gasteiger partial charge in [-0.05, 0) is 67.2 Å². The fourth-order valence-corrected chi connectivity index (χ4v) is 15.3. The van der Waals surface area contributed by atoms with E-state index in [4.69, 9.17) is 149 Å². The standard InChI is InChI=1S/C68H144O44P6S2/c1-67(2,3)111-117(77,78)109-63-55-99-47-39-91-31-23-83-21-29-89-37-45-97-53-61-107-115(73,74)105-59-51-95-43-35-87-27-19-81-17-25-85-33-41-93-49-57-103-113(69,70)101-15-11-7-9-13-65-119-120-66-14-10-8-12-16-102-114(71,72)104-58-50-94-42-34-86-26-18-82-20-28-88-36-44-96-52-60-106-116(75,76)108-62-54-98-46-38-90-30-22-84-24-32-92-40-48-100-56-64-110-118(79,80)112-68(4,5)6/h7-66H2,1-6H3,(H,69,70)(H,71,72)(H,73,74)(H,75,76)(H,77,78)(H,79,80)/p-6. The van der Waals surface area contributed by atoms with Crippen LogP contribution >= 0.6 is 68.5 Å². The van der Waals surface area contributed by atoms with Crippen LogP contribution in [-0.4, -0.2) is 353 Å². The molecule has 0 spiro atoms. The third-order valence-corrected chi connectivity index (χ3v) is 22.5. The minimum absolute atomic E-state index is 0.000529. The first-order chi connectivity index (χ1) is 57.4. The molecule has 120 heavy (non-hydrogen) atoms. The Labute approximate surface area is 717 Å². The van der Waals surface area contributed by atoms with Gasteiger partial charge in [-0.15, -0.1) is 0 Å². The summed E-state index contributed by atoms with van der Waals surface area (Å²) in [4.78, 5) is 71.4. The van der Waals surface area contributed by atoms with E-state index >= 15 is 0 Å². The van der Waals surface area contributed by atoms with E-state index in [2.05, 4.69) is 0 Å². The van der Waals surface area contributed by atoms with Crippen LogP contribution in [0.2, 0.25) is 0 Å². The zero-order valence-electron chi connectivity index (χ0n) is 70.9. The van der Waals surface area contributed by atoms with Gasteiger partial charge in [0.25, 0.3) is 46.9 Å². The highest BCUT2D eigenvalue weighted by atomic mass is 33.1. The minimum Gasteiger partial charge on any atom is -0.756 e. The lowest BCUT2D eigenvalue weighted by molar-refractivity contribution is -0.236. The van der Waals surface area contributed by atoms with Crippen LogP contribution in [0.3, 0.4) is 0 Å². The van der Waals surface area contributed by atoms with Gasteiger partial charge in [0.05, 0.1) is 342 Å². The van der Waals surface area contributed by atoms with Crippen molar-refractivity contribution < 1.29 is 206 Å². The summed E-state index contributed by atoms with van der Waals surface area (Å²) in [6.07, 6.45) is 6.63. The number of phosphoric ester groups is 6. The highest BCUT2D eigenvalue weighted by molar-refractivity contribution is 8.76. The first kappa shape index (κ1) is 121. The molecule has 6 atom stereocenters. The molecule has 0 N–H and O–H groups in total.